The van der Waals surface area contributed by atoms with Crippen molar-refractivity contribution in [3.05, 3.63) is 59.0 Å². The van der Waals surface area contributed by atoms with E-state index >= 15 is 0 Å². The fraction of sp³-hybridized carbons (Fsp3) is 0.346. The summed E-state index contributed by atoms with van der Waals surface area (Å²) in [5.74, 6) is 0.473. The van der Waals surface area contributed by atoms with Gasteiger partial charge in [0.25, 0.3) is 0 Å². The Hall–Kier alpha value is -2.64. The lowest BCUT2D eigenvalue weighted by Gasteiger charge is -2.20. The van der Waals surface area contributed by atoms with Gasteiger partial charge in [0, 0.05) is 26.9 Å². The first kappa shape index (κ1) is 23.5. The zero-order valence-electron chi connectivity index (χ0n) is 19.0. The van der Waals surface area contributed by atoms with Crippen LogP contribution in [-0.2, 0) is 9.59 Å². The molecule has 3 aromatic rings. The van der Waals surface area contributed by atoms with Crippen LogP contribution < -0.4 is 10.6 Å². The second-order valence-corrected chi connectivity index (χ2v) is 10.7. The third kappa shape index (κ3) is 6.45. The van der Waals surface area contributed by atoms with Crippen molar-refractivity contribution >= 4 is 45.7 Å². The molecule has 4 rings (SSSR count). The van der Waals surface area contributed by atoms with Crippen LogP contribution in [0, 0.1) is 19.8 Å². The maximum Gasteiger partial charge on any atom is 0.236 e. The summed E-state index contributed by atoms with van der Waals surface area (Å²) in [6.07, 6.45) is 5.49. The number of carbonyl (C=O) groups excluding carboxylic acids is 2. The quantitative estimate of drug-likeness (QED) is 0.371. The molecule has 2 N–H and O–H groups in total. The van der Waals surface area contributed by atoms with Gasteiger partial charge in [0.1, 0.15) is 0 Å². The average Bonchev–Trinajstić information content (AvgIpc) is 3.19. The Morgan fingerprint density at radius 3 is 2.36 bits per heavy atom. The molecule has 33 heavy (non-hydrogen) atoms. The molecular formula is C26H29N3O2S2. The number of nitrogens with one attached hydrogen (secondary N) is 2. The van der Waals surface area contributed by atoms with Gasteiger partial charge in [-0.05, 0) is 51.0 Å². The predicted molar refractivity (Wildman–Crippen MR) is 138 cm³/mol. The number of rotatable bonds is 7. The minimum atomic E-state index is -0.0844. The van der Waals surface area contributed by atoms with E-state index < -0.39 is 0 Å². The highest BCUT2D eigenvalue weighted by Crippen LogP contribution is 2.31. The van der Waals surface area contributed by atoms with E-state index in [0.29, 0.717) is 10.9 Å². The summed E-state index contributed by atoms with van der Waals surface area (Å²) in [7, 11) is 0. The molecule has 2 amide bonds. The molecule has 1 fully saturated rings. The Morgan fingerprint density at radius 2 is 1.67 bits per heavy atom. The van der Waals surface area contributed by atoms with Crippen LogP contribution in [0.2, 0.25) is 0 Å². The number of amides is 2. The van der Waals surface area contributed by atoms with Crippen LogP contribution in [-0.4, -0.2) is 22.6 Å². The predicted octanol–water partition coefficient (Wildman–Crippen LogP) is 6.68. The molecule has 172 valence electrons. The third-order valence-electron chi connectivity index (χ3n) is 5.84. The molecule has 0 saturated heterocycles. The first-order valence-electron chi connectivity index (χ1n) is 11.4. The molecule has 0 atom stereocenters. The summed E-state index contributed by atoms with van der Waals surface area (Å²) in [6, 6.07) is 15.9. The van der Waals surface area contributed by atoms with Gasteiger partial charge in [-0.15, -0.1) is 23.1 Å². The topological polar surface area (TPSA) is 71.1 Å². The fourth-order valence-corrected chi connectivity index (χ4v) is 5.53. The van der Waals surface area contributed by atoms with Gasteiger partial charge in [-0.25, -0.2) is 4.98 Å². The zero-order chi connectivity index (χ0) is 23.2. The Kier molecular flexibility index (Phi) is 7.83. The standard InChI is InChI=1S/C26H29N3O2S2/c1-17-8-10-19(11-9-17)24-18(2)33-26(29-24)28-23(30)16-32-22-14-12-21(13-15-22)27-25(31)20-6-4-3-5-7-20/h8-15,20H,3-7,16H2,1-2H3,(H,27,31)(H,28,29,30). The number of thiazole rings is 1. The second-order valence-electron chi connectivity index (χ2n) is 8.48. The first-order chi connectivity index (χ1) is 16.0. The summed E-state index contributed by atoms with van der Waals surface area (Å²) >= 11 is 2.95. The van der Waals surface area contributed by atoms with Crippen molar-refractivity contribution in [2.45, 2.75) is 50.8 Å². The molecule has 2 aromatic carbocycles. The molecular weight excluding hydrogens is 450 g/mol. The summed E-state index contributed by atoms with van der Waals surface area (Å²) in [5.41, 5.74) is 3.98. The Balaban J connectivity index is 1.27. The summed E-state index contributed by atoms with van der Waals surface area (Å²) < 4.78 is 0. The number of hydrogen-bond donors (Lipinski definition) is 2. The highest BCUT2D eigenvalue weighted by Gasteiger charge is 2.21. The number of anilines is 2. The van der Waals surface area contributed by atoms with Crippen LogP contribution in [0.3, 0.4) is 0 Å². The van der Waals surface area contributed by atoms with E-state index in [1.54, 1.807) is 0 Å². The van der Waals surface area contributed by atoms with Crippen molar-refractivity contribution in [1.29, 1.82) is 0 Å². The monoisotopic (exact) mass is 479 g/mol. The molecule has 5 nitrogen and oxygen atoms in total. The fourth-order valence-electron chi connectivity index (χ4n) is 3.98. The Morgan fingerprint density at radius 1 is 0.970 bits per heavy atom. The van der Waals surface area contributed by atoms with E-state index in [2.05, 4.69) is 46.8 Å². The van der Waals surface area contributed by atoms with Crippen molar-refractivity contribution in [3.8, 4) is 11.3 Å². The van der Waals surface area contributed by atoms with Gasteiger partial charge in [0.05, 0.1) is 11.4 Å². The van der Waals surface area contributed by atoms with Crippen LogP contribution in [0.1, 0.15) is 42.5 Å². The third-order valence-corrected chi connectivity index (χ3v) is 7.73. The lowest BCUT2D eigenvalue weighted by Crippen LogP contribution is -2.24. The van der Waals surface area contributed by atoms with Crippen LogP contribution in [0.25, 0.3) is 11.3 Å². The highest BCUT2D eigenvalue weighted by molar-refractivity contribution is 8.00. The zero-order valence-corrected chi connectivity index (χ0v) is 20.7. The molecule has 0 spiro atoms. The van der Waals surface area contributed by atoms with Crippen LogP contribution in [0.5, 0.6) is 0 Å². The molecule has 1 aliphatic rings. The van der Waals surface area contributed by atoms with Gasteiger partial charge in [-0.1, -0.05) is 49.1 Å². The number of carbonyl (C=O) groups is 2. The van der Waals surface area contributed by atoms with E-state index in [9.17, 15) is 9.59 Å². The van der Waals surface area contributed by atoms with E-state index in [1.165, 1.54) is 35.1 Å². The van der Waals surface area contributed by atoms with E-state index in [4.69, 9.17) is 0 Å². The largest absolute Gasteiger partial charge is 0.326 e. The maximum absolute atomic E-state index is 12.5. The minimum absolute atomic E-state index is 0.0844. The smallest absolute Gasteiger partial charge is 0.236 e. The molecule has 1 aromatic heterocycles. The number of nitrogens with zero attached hydrogens (tertiary/aromatic N) is 1. The number of aryl methyl sites for hydroxylation is 2. The van der Waals surface area contributed by atoms with Crippen molar-refractivity contribution in [3.63, 3.8) is 0 Å². The minimum Gasteiger partial charge on any atom is -0.326 e. The highest BCUT2D eigenvalue weighted by atomic mass is 32.2. The average molecular weight is 480 g/mol. The summed E-state index contributed by atoms with van der Waals surface area (Å²) in [5, 5.41) is 6.56. The van der Waals surface area contributed by atoms with E-state index in [-0.39, 0.29) is 17.7 Å². The van der Waals surface area contributed by atoms with Gasteiger partial charge >= 0.3 is 0 Å². The van der Waals surface area contributed by atoms with Crippen molar-refractivity contribution in [1.82, 2.24) is 4.98 Å². The first-order valence-corrected chi connectivity index (χ1v) is 13.2. The number of thioether (sulfide) groups is 1. The van der Waals surface area contributed by atoms with Crippen molar-refractivity contribution in [2.75, 3.05) is 16.4 Å². The molecule has 1 saturated carbocycles. The number of aromatic nitrogens is 1. The van der Waals surface area contributed by atoms with Gasteiger partial charge in [-0.2, -0.15) is 0 Å². The number of hydrogen-bond acceptors (Lipinski definition) is 5. The van der Waals surface area contributed by atoms with Crippen molar-refractivity contribution < 1.29 is 9.59 Å². The van der Waals surface area contributed by atoms with Crippen LogP contribution in [0.15, 0.2) is 53.4 Å². The van der Waals surface area contributed by atoms with Gasteiger partial charge in [-0.3, -0.25) is 9.59 Å². The van der Waals surface area contributed by atoms with Crippen LogP contribution >= 0.6 is 23.1 Å². The van der Waals surface area contributed by atoms with Crippen molar-refractivity contribution in [2.24, 2.45) is 5.92 Å². The second kappa shape index (κ2) is 11.0. The number of benzene rings is 2. The van der Waals surface area contributed by atoms with Gasteiger partial charge in [0.2, 0.25) is 11.8 Å². The molecule has 0 bridgehead atoms. The van der Waals surface area contributed by atoms with E-state index in [0.717, 1.165) is 52.4 Å². The molecule has 1 aliphatic carbocycles. The van der Waals surface area contributed by atoms with E-state index in [1.807, 2.05) is 31.2 Å². The lowest BCUT2D eigenvalue weighted by atomic mass is 9.88. The Bertz CT molecular complexity index is 1100. The molecule has 0 unspecified atom stereocenters. The Labute approximate surface area is 203 Å². The lowest BCUT2D eigenvalue weighted by molar-refractivity contribution is -0.120. The normalized spacial score (nSPS) is 14.1. The maximum atomic E-state index is 12.5. The molecule has 0 aliphatic heterocycles. The summed E-state index contributed by atoms with van der Waals surface area (Å²) in [6.45, 7) is 4.08. The SMILES string of the molecule is Cc1ccc(-c2nc(NC(=O)CSc3ccc(NC(=O)C4CCCCC4)cc3)sc2C)cc1. The summed E-state index contributed by atoms with van der Waals surface area (Å²) in [4.78, 5) is 31.5. The molecule has 0 radical (unpaired) electrons. The van der Waals surface area contributed by atoms with Gasteiger partial charge in [0.15, 0.2) is 5.13 Å². The van der Waals surface area contributed by atoms with Gasteiger partial charge < -0.3 is 10.6 Å². The molecule has 1 heterocycles. The van der Waals surface area contributed by atoms with Crippen LogP contribution in [0.4, 0.5) is 10.8 Å². The molecule has 7 heteroatoms.